The fraction of sp³-hybridized carbons (Fsp3) is 0.917. The molecule has 2 fully saturated rings. The molecule has 0 N–H and O–H groups in total. The van der Waals surface area contributed by atoms with Gasteiger partial charge < -0.3 is 0 Å². The summed E-state index contributed by atoms with van der Waals surface area (Å²) in [5, 5.41) is 8.85. The van der Waals surface area contributed by atoms with E-state index in [1.807, 2.05) is 0 Å². The van der Waals surface area contributed by atoms with Crippen molar-refractivity contribution in [2.75, 3.05) is 26.2 Å². The van der Waals surface area contributed by atoms with Crippen LogP contribution in [0.1, 0.15) is 27.2 Å². The van der Waals surface area contributed by atoms with Gasteiger partial charge in [-0.25, -0.2) is 0 Å². The van der Waals surface area contributed by atoms with Crippen molar-refractivity contribution in [3.05, 3.63) is 0 Å². The van der Waals surface area contributed by atoms with Crippen LogP contribution < -0.4 is 0 Å². The minimum absolute atomic E-state index is 0.286. The zero-order chi connectivity index (χ0) is 11.1. The van der Waals surface area contributed by atoms with Gasteiger partial charge in [-0.2, -0.15) is 5.26 Å². The summed E-state index contributed by atoms with van der Waals surface area (Å²) in [6.45, 7) is 11.3. The van der Waals surface area contributed by atoms with E-state index in [1.54, 1.807) is 0 Å². The number of hydrogen-bond donors (Lipinski definition) is 0. The molecular formula is C12H21N3. The summed E-state index contributed by atoms with van der Waals surface area (Å²) in [6.07, 6.45) is 1.07. The average Bonchev–Trinajstić information content (AvgIpc) is 2.47. The van der Waals surface area contributed by atoms with Crippen molar-refractivity contribution in [2.45, 2.75) is 38.8 Å². The van der Waals surface area contributed by atoms with Crippen LogP contribution in [0, 0.1) is 17.2 Å². The first kappa shape index (κ1) is 10.9. The maximum atomic E-state index is 8.85. The molecule has 0 radical (unpaired) electrons. The van der Waals surface area contributed by atoms with Crippen LogP contribution in [0.15, 0.2) is 0 Å². The van der Waals surface area contributed by atoms with E-state index in [9.17, 15) is 0 Å². The van der Waals surface area contributed by atoms with E-state index in [4.69, 9.17) is 5.26 Å². The van der Waals surface area contributed by atoms with Crippen LogP contribution >= 0.6 is 0 Å². The molecule has 3 heteroatoms. The fourth-order valence-electron chi connectivity index (χ4n) is 2.46. The summed E-state index contributed by atoms with van der Waals surface area (Å²) >= 11 is 0. The predicted molar refractivity (Wildman–Crippen MR) is 60.4 cm³/mol. The Balaban J connectivity index is 1.79. The Hall–Kier alpha value is -0.590. The Bertz CT molecular complexity index is 268. The van der Waals surface area contributed by atoms with Crippen molar-refractivity contribution in [1.29, 1.82) is 5.26 Å². The van der Waals surface area contributed by atoms with Crippen LogP contribution in [0.2, 0.25) is 0 Å². The number of hydrogen-bond acceptors (Lipinski definition) is 3. The van der Waals surface area contributed by atoms with Gasteiger partial charge in [0, 0.05) is 31.2 Å². The highest BCUT2D eigenvalue weighted by Crippen LogP contribution is 2.27. The van der Waals surface area contributed by atoms with Gasteiger partial charge >= 0.3 is 0 Å². The van der Waals surface area contributed by atoms with E-state index >= 15 is 0 Å². The zero-order valence-electron chi connectivity index (χ0n) is 10.0. The number of nitrogens with zero attached hydrogens (tertiary/aromatic N) is 3. The minimum atomic E-state index is 0.286. The van der Waals surface area contributed by atoms with Crippen molar-refractivity contribution < 1.29 is 0 Å². The molecule has 1 atom stereocenters. The highest BCUT2D eigenvalue weighted by atomic mass is 15.3. The summed E-state index contributed by atoms with van der Waals surface area (Å²) in [6, 6.07) is 3.09. The highest BCUT2D eigenvalue weighted by Gasteiger charge is 2.39. The van der Waals surface area contributed by atoms with Crippen LogP contribution in [0.4, 0.5) is 0 Å². The third-order valence-electron chi connectivity index (χ3n) is 3.73. The van der Waals surface area contributed by atoms with E-state index in [0.717, 1.165) is 19.5 Å². The molecule has 2 heterocycles. The normalized spacial score (nSPS) is 30.1. The average molecular weight is 207 g/mol. The lowest BCUT2D eigenvalue weighted by molar-refractivity contribution is -0.0142. The molecule has 84 valence electrons. The molecule has 0 spiro atoms. The van der Waals surface area contributed by atoms with Gasteiger partial charge in [-0.15, -0.1) is 0 Å². The predicted octanol–water partition coefficient (Wildman–Crippen LogP) is 1.31. The highest BCUT2D eigenvalue weighted by molar-refractivity contribution is 4.99. The molecule has 3 nitrogen and oxygen atoms in total. The van der Waals surface area contributed by atoms with E-state index in [-0.39, 0.29) is 5.92 Å². The van der Waals surface area contributed by atoms with Crippen molar-refractivity contribution in [3.63, 3.8) is 0 Å². The Labute approximate surface area is 92.7 Å². The van der Waals surface area contributed by atoms with E-state index < -0.39 is 0 Å². The molecule has 2 saturated heterocycles. The largest absolute Gasteiger partial charge is 0.296 e. The van der Waals surface area contributed by atoms with Gasteiger partial charge in [-0.1, -0.05) is 0 Å². The zero-order valence-corrected chi connectivity index (χ0v) is 10.0. The van der Waals surface area contributed by atoms with Gasteiger partial charge in [0.05, 0.1) is 12.0 Å². The monoisotopic (exact) mass is 207 g/mol. The first-order valence-corrected chi connectivity index (χ1v) is 5.89. The fourth-order valence-corrected chi connectivity index (χ4v) is 2.46. The summed E-state index contributed by atoms with van der Waals surface area (Å²) in [4.78, 5) is 5.01. The number of rotatable bonds is 1. The standard InChI is InChI=1S/C12H21N3/c1-12(2,3)15-8-11(9-15)14-5-4-10(6-13)7-14/h10-11H,4-5,7-9H2,1-3H3/t10-/m1/s1. The topological polar surface area (TPSA) is 30.3 Å². The molecule has 15 heavy (non-hydrogen) atoms. The van der Waals surface area contributed by atoms with Gasteiger partial charge in [0.1, 0.15) is 0 Å². The minimum Gasteiger partial charge on any atom is -0.296 e. The Morgan fingerprint density at radius 3 is 2.33 bits per heavy atom. The smallest absolute Gasteiger partial charge is 0.0669 e. The molecule has 2 rings (SSSR count). The lowest BCUT2D eigenvalue weighted by Crippen LogP contribution is -2.64. The summed E-state index contributed by atoms with van der Waals surface area (Å²) < 4.78 is 0. The maximum absolute atomic E-state index is 8.85. The van der Waals surface area contributed by atoms with Gasteiger partial charge in [0.25, 0.3) is 0 Å². The molecule has 0 aliphatic carbocycles. The van der Waals surface area contributed by atoms with Gasteiger partial charge in [-0.3, -0.25) is 9.80 Å². The summed E-state index contributed by atoms with van der Waals surface area (Å²) in [5.41, 5.74) is 0.310. The van der Waals surface area contributed by atoms with E-state index in [1.165, 1.54) is 13.1 Å². The third kappa shape index (κ3) is 2.16. The second-order valence-corrected chi connectivity index (χ2v) is 5.84. The van der Waals surface area contributed by atoms with Crippen LogP contribution in [0.5, 0.6) is 0 Å². The lowest BCUT2D eigenvalue weighted by Gasteiger charge is -2.50. The van der Waals surface area contributed by atoms with Crippen LogP contribution in [-0.2, 0) is 0 Å². The first-order valence-electron chi connectivity index (χ1n) is 5.89. The molecule has 0 bridgehead atoms. The molecule has 0 aromatic heterocycles. The van der Waals surface area contributed by atoms with Crippen LogP contribution in [-0.4, -0.2) is 47.6 Å². The molecule has 0 aromatic carbocycles. The van der Waals surface area contributed by atoms with E-state index in [0.29, 0.717) is 11.6 Å². The molecule has 0 unspecified atom stereocenters. The molecule has 2 aliphatic heterocycles. The molecule has 0 aromatic rings. The molecular weight excluding hydrogens is 186 g/mol. The van der Waals surface area contributed by atoms with Crippen molar-refractivity contribution >= 4 is 0 Å². The van der Waals surface area contributed by atoms with Crippen LogP contribution in [0.3, 0.4) is 0 Å². The first-order chi connectivity index (χ1) is 7.00. The third-order valence-corrected chi connectivity index (χ3v) is 3.73. The summed E-state index contributed by atoms with van der Waals surface area (Å²) in [7, 11) is 0. The van der Waals surface area contributed by atoms with Crippen molar-refractivity contribution in [2.24, 2.45) is 5.92 Å². The molecule has 0 amide bonds. The number of nitriles is 1. The van der Waals surface area contributed by atoms with Crippen molar-refractivity contribution in [1.82, 2.24) is 9.80 Å². The Morgan fingerprint density at radius 1 is 1.20 bits per heavy atom. The van der Waals surface area contributed by atoms with Crippen LogP contribution in [0.25, 0.3) is 0 Å². The van der Waals surface area contributed by atoms with Gasteiger partial charge in [0.15, 0.2) is 0 Å². The maximum Gasteiger partial charge on any atom is 0.0669 e. The molecule has 0 saturated carbocycles. The summed E-state index contributed by atoms with van der Waals surface area (Å²) in [5.74, 6) is 0.286. The second kappa shape index (κ2) is 3.77. The molecule has 2 aliphatic rings. The van der Waals surface area contributed by atoms with Crippen molar-refractivity contribution in [3.8, 4) is 6.07 Å². The van der Waals surface area contributed by atoms with E-state index in [2.05, 4.69) is 36.6 Å². The Kier molecular flexibility index (Phi) is 2.74. The van der Waals surface area contributed by atoms with Gasteiger partial charge in [0.2, 0.25) is 0 Å². The quantitative estimate of drug-likeness (QED) is 0.649. The lowest BCUT2D eigenvalue weighted by atomic mass is 9.97. The number of likely N-dealkylation sites (tertiary alicyclic amines) is 2. The second-order valence-electron chi connectivity index (χ2n) is 5.84. The Morgan fingerprint density at radius 2 is 1.87 bits per heavy atom. The SMILES string of the molecule is CC(C)(C)N1CC(N2CC[C@H](C#N)C2)C1. The van der Waals surface area contributed by atoms with Gasteiger partial charge in [-0.05, 0) is 33.7 Å².